The molecule has 5 rings (SSSR count). The average molecular weight is 476 g/mol. The summed E-state index contributed by atoms with van der Waals surface area (Å²) in [4.78, 5) is 24.6. The van der Waals surface area contributed by atoms with Crippen LogP contribution in [0.15, 0.2) is 78.0 Å². The number of benzene rings is 3. The zero-order chi connectivity index (χ0) is 23.8. The van der Waals surface area contributed by atoms with Crippen LogP contribution in [-0.4, -0.2) is 17.8 Å². The molecule has 0 aromatic heterocycles. The molecule has 0 saturated carbocycles. The number of non-ortho nitro benzene ring substituents is 1. The zero-order valence-corrected chi connectivity index (χ0v) is 19.1. The molecule has 2 unspecified atom stereocenters. The van der Waals surface area contributed by atoms with Crippen LogP contribution in [0.1, 0.15) is 35.9 Å². The Labute approximate surface area is 201 Å². The minimum Gasteiger partial charge on any atom is -0.497 e. The Morgan fingerprint density at radius 3 is 2.47 bits per heavy atom. The van der Waals surface area contributed by atoms with E-state index in [0.717, 1.165) is 28.4 Å². The number of methoxy groups -OCH3 is 1. The summed E-state index contributed by atoms with van der Waals surface area (Å²) in [5.74, 6) is 0.732. The van der Waals surface area contributed by atoms with Gasteiger partial charge in [-0.25, -0.2) is 0 Å². The summed E-state index contributed by atoms with van der Waals surface area (Å²) >= 11 is 6.52. The Morgan fingerprint density at radius 1 is 1.03 bits per heavy atom. The number of carbonyl (C=O) groups is 1. The van der Waals surface area contributed by atoms with E-state index in [1.807, 2.05) is 48.5 Å². The number of ketones is 1. The van der Waals surface area contributed by atoms with Crippen LogP contribution in [0.4, 0.5) is 17.1 Å². The summed E-state index contributed by atoms with van der Waals surface area (Å²) in [6.45, 7) is 0. The molecule has 1 heterocycles. The highest BCUT2D eigenvalue weighted by Gasteiger charge is 2.37. The van der Waals surface area contributed by atoms with Crippen molar-refractivity contribution >= 4 is 34.4 Å². The second-order valence-corrected chi connectivity index (χ2v) is 8.81. The molecule has 2 aliphatic rings. The Morgan fingerprint density at radius 2 is 1.76 bits per heavy atom. The smallest absolute Gasteiger partial charge is 0.269 e. The SMILES string of the molecule is COc1ccc(C2CC(=O)C3=C(C2)Nc2ccccc2NC3c2cc([N+](=O)[O-])ccc2Cl)cc1. The number of hydrogen-bond acceptors (Lipinski definition) is 6. The van der Waals surface area contributed by atoms with Crippen molar-refractivity contribution in [3.63, 3.8) is 0 Å². The van der Waals surface area contributed by atoms with E-state index in [1.54, 1.807) is 7.11 Å². The second-order valence-electron chi connectivity index (χ2n) is 8.40. The van der Waals surface area contributed by atoms with Crippen LogP contribution in [0.5, 0.6) is 5.75 Å². The summed E-state index contributed by atoms with van der Waals surface area (Å²) in [7, 11) is 1.62. The number of ether oxygens (including phenoxy) is 1. The molecule has 172 valence electrons. The Balaban J connectivity index is 1.62. The molecule has 1 aliphatic carbocycles. The van der Waals surface area contributed by atoms with E-state index in [-0.39, 0.29) is 17.4 Å². The number of fused-ring (bicyclic) bond motifs is 1. The number of nitro groups is 1. The molecule has 0 saturated heterocycles. The van der Waals surface area contributed by atoms with Gasteiger partial charge in [-0.1, -0.05) is 35.9 Å². The third-order valence-electron chi connectivity index (χ3n) is 6.40. The maximum absolute atomic E-state index is 13.6. The van der Waals surface area contributed by atoms with Crippen LogP contribution in [0.3, 0.4) is 0 Å². The lowest BCUT2D eigenvalue weighted by Gasteiger charge is -2.30. The van der Waals surface area contributed by atoms with Gasteiger partial charge in [-0.2, -0.15) is 0 Å². The third-order valence-corrected chi connectivity index (χ3v) is 6.74. The molecular weight excluding hydrogens is 454 g/mol. The van der Waals surface area contributed by atoms with E-state index < -0.39 is 11.0 Å². The first kappa shape index (κ1) is 22.0. The van der Waals surface area contributed by atoms with Gasteiger partial charge >= 0.3 is 0 Å². The molecule has 0 fully saturated rings. The van der Waals surface area contributed by atoms with Crippen molar-refractivity contribution in [3.8, 4) is 5.75 Å². The van der Waals surface area contributed by atoms with Gasteiger partial charge in [0.15, 0.2) is 5.78 Å². The minimum absolute atomic E-state index is 0.00357. The van der Waals surface area contributed by atoms with Crippen molar-refractivity contribution in [2.24, 2.45) is 0 Å². The number of hydrogen-bond donors (Lipinski definition) is 2. The molecule has 0 bridgehead atoms. The molecule has 7 nitrogen and oxygen atoms in total. The molecule has 2 N–H and O–H groups in total. The van der Waals surface area contributed by atoms with Gasteiger partial charge in [-0.3, -0.25) is 14.9 Å². The van der Waals surface area contributed by atoms with Crippen molar-refractivity contribution in [1.29, 1.82) is 0 Å². The largest absolute Gasteiger partial charge is 0.497 e. The molecule has 0 amide bonds. The predicted octanol–water partition coefficient (Wildman–Crippen LogP) is 6.24. The maximum Gasteiger partial charge on any atom is 0.269 e. The molecule has 3 aromatic carbocycles. The number of para-hydroxylation sites is 2. The van der Waals surface area contributed by atoms with Gasteiger partial charge in [0.1, 0.15) is 5.75 Å². The second kappa shape index (κ2) is 8.83. The zero-order valence-electron chi connectivity index (χ0n) is 18.4. The van der Waals surface area contributed by atoms with Crippen LogP contribution in [0, 0.1) is 10.1 Å². The highest BCUT2D eigenvalue weighted by molar-refractivity contribution is 6.31. The standard InChI is InChI=1S/C26H22ClN3O4/c1-34-18-9-6-15(7-10-18)16-12-23-25(24(31)13-16)26(29-22-5-3-2-4-21(22)28-23)19-14-17(30(32)33)8-11-20(19)27/h2-11,14,16,26,28-29H,12-13H2,1H3. The van der Waals surface area contributed by atoms with E-state index in [0.29, 0.717) is 29.0 Å². The fourth-order valence-corrected chi connectivity index (χ4v) is 4.93. The van der Waals surface area contributed by atoms with Gasteiger partial charge in [0.2, 0.25) is 0 Å². The van der Waals surface area contributed by atoms with E-state index in [9.17, 15) is 14.9 Å². The lowest BCUT2D eigenvalue weighted by atomic mass is 9.78. The van der Waals surface area contributed by atoms with E-state index in [2.05, 4.69) is 10.6 Å². The van der Waals surface area contributed by atoms with Gasteiger partial charge in [-0.05, 0) is 48.2 Å². The predicted molar refractivity (Wildman–Crippen MR) is 132 cm³/mol. The molecular formula is C26H22ClN3O4. The Bertz CT molecular complexity index is 1320. The van der Waals surface area contributed by atoms with E-state index in [4.69, 9.17) is 16.3 Å². The monoisotopic (exact) mass is 475 g/mol. The summed E-state index contributed by atoms with van der Waals surface area (Å²) in [5.41, 5.74) is 4.45. The fraction of sp³-hybridized carbons (Fsp3) is 0.192. The first-order valence-electron chi connectivity index (χ1n) is 10.9. The molecule has 1 aliphatic heterocycles. The number of carbonyl (C=O) groups excluding carboxylic acids is 1. The molecule has 0 spiro atoms. The number of allylic oxidation sites excluding steroid dienone is 1. The lowest BCUT2D eigenvalue weighted by Crippen LogP contribution is -2.27. The fourth-order valence-electron chi connectivity index (χ4n) is 4.70. The van der Waals surface area contributed by atoms with Gasteiger partial charge in [-0.15, -0.1) is 0 Å². The number of Topliss-reactive ketones (excluding diaryl/α,β-unsaturated/α-hetero) is 1. The molecule has 2 atom stereocenters. The first-order chi connectivity index (χ1) is 16.4. The number of nitrogens with one attached hydrogen (secondary N) is 2. The topological polar surface area (TPSA) is 93.5 Å². The van der Waals surface area contributed by atoms with Crippen molar-refractivity contribution in [3.05, 3.63) is 104 Å². The summed E-state index contributed by atoms with van der Waals surface area (Å²) in [5, 5.41) is 18.7. The Hall–Kier alpha value is -3.84. The normalized spacial score (nSPS) is 19.3. The van der Waals surface area contributed by atoms with Gasteiger partial charge in [0.25, 0.3) is 5.69 Å². The highest BCUT2D eigenvalue weighted by Crippen LogP contribution is 2.45. The first-order valence-corrected chi connectivity index (χ1v) is 11.3. The van der Waals surface area contributed by atoms with Crippen molar-refractivity contribution in [1.82, 2.24) is 0 Å². The van der Waals surface area contributed by atoms with Crippen molar-refractivity contribution in [2.45, 2.75) is 24.8 Å². The molecule has 3 aromatic rings. The average Bonchev–Trinajstić information content (AvgIpc) is 3.01. The number of rotatable bonds is 4. The van der Waals surface area contributed by atoms with E-state index >= 15 is 0 Å². The van der Waals surface area contributed by atoms with Crippen molar-refractivity contribution < 1.29 is 14.5 Å². The van der Waals surface area contributed by atoms with Crippen LogP contribution in [0.25, 0.3) is 0 Å². The maximum atomic E-state index is 13.6. The summed E-state index contributed by atoms with van der Waals surface area (Å²) in [6.07, 6.45) is 0.945. The molecule has 34 heavy (non-hydrogen) atoms. The lowest BCUT2D eigenvalue weighted by molar-refractivity contribution is -0.384. The summed E-state index contributed by atoms with van der Waals surface area (Å²) in [6, 6.07) is 19.1. The summed E-state index contributed by atoms with van der Waals surface area (Å²) < 4.78 is 5.26. The number of halogens is 1. The molecule has 0 radical (unpaired) electrons. The Kier molecular flexibility index (Phi) is 5.71. The number of anilines is 2. The quantitative estimate of drug-likeness (QED) is 0.343. The minimum atomic E-state index is -0.622. The number of nitrogens with zero attached hydrogens (tertiary/aromatic N) is 1. The van der Waals surface area contributed by atoms with Crippen LogP contribution >= 0.6 is 11.6 Å². The third kappa shape index (κ3) is 3.99. The van der Waals surface area contributed by atoms with Crippen LogP contribution in [-0.2, 0) is 4.79 Å². The molecule has 8 heteroatoms. The van der Waals surface area contributed by atoms with Gasteiger partial charge < -0.3 is 15.4 Å². The van der Waals surface area contributed by atoms with Gasteiger partial charge in [0.05, 0.1) is 29.4 Å². The van der Waals surface area contributed by atoms with Crippen molar-refractivity contribution in [2.75, 3.05) is 17.7 Å². The van der Waals surface area contributed by atoms with Gasteiger partial charge in [0, 0.05) is 40.4 Å². The number of nitro benzene ring substituents is 1. The highest BCUT2D eigenvalue weighted by atomic mass is 35.5. The van der Waals surface area contributed by atoms with E-state index in [1.165, 1.54) is 18.2 Å². The van der Waals surface area contributed by atoms with Crippen LogP contribution in [0.2, 0.25) is 5.02 Å². The van der Waals surface area contributed by atoms with Crippen LogP contribution < -0.4 is 15.4 Å².